The normalized spacial score (nSPS) is 20.1. The molecule has 0 amide bonds. The Morgan fingerprint density at radius 3 is 2.85 bits per heavy atom. The van der Waals surface area contributed by atoms with E-state index in [2.05, 4.69) is 27.6 Å². The first-order chi connectivity index (χ1) is 13.1. The lowest BCUT2D eigenvalue weighted by Gasteiger charge is -2.36. The Balaban J connectivity index is 1.46. The van der Waals surface area contributed by atoms with E-state index < -0.39 is 0 Å². The monoisotopic (exact) mass is 372 g/mol. The van der Waals surface area contributed by atoms with E-state index >= 15 is 0 Å². The fraction of sp³-hybridized carbons (Fsp3) is 0.632. The van der Waals surface area contributed by atoms with Gasteiger partial charge in [-0.15, -0.1) is 0 Å². The third-order valence-corrected chi connectivity index (χ3v) is 5.42. The summed E-state index contributed by atoms with van der Waals surface area (Å²) in [5.74, 6) is 3.08. The Hall–Kier alpha value is -2.19. The molecule has 2 aromatic rings. The molecule has 146 valence electrons. The zero-order chi connectivity index (χ0) is 18.8. The second kappa shape index (κ2) is 7.82. The van der Waals surface area contributed by atoms with Crippen molar-refractivity contribution in [2.75, 3.05) is 49.7 Å². The Morgan fingerprint density at radius 1 is 1.33 bits per heavy atom. The van der Waals surface area contributed by atoms with E-state index in [1.54, 1.807) is 0 Å². The van der Waals surface area contributed by atoms with E-state index in [4.69, 9.17) is 14.7 Å². The number of aryl methyl sites for hydroxylation is 2. The van der Waals surface area contributed by atoms with E-state index in [1.807, 2.05) is 24.3 Å². The third-order valence-electron chi connectivity index (χ3n) is 5.42. The van der Waals surface area contributed by atoms with Gasteiger partial charge in [0.15, 0.2) is 0 Å². The lowest BCUT2D eigenvalue weighted by molar-refractivity contribution is 0.140. The first-order valence-electron chi connectivity index (χ1n) is 9.67. The third kappa shape index (κ3) is 4.06. The molecular weight excluding hydrogens is 344 g/mol. The van der Waals surface area contributed by atoms with Crippen LogP contribution < -0.4 is 9.80 Å². The van der Waals surface area contributed by atoms with Gasteiger partial charge in [-0.1, -0.05) is 0 Å². The molecule has 1 unspecified atom stereocenters. The van der Waals surface area contributed by atoms with E-state index in [0.29, 0.717) is 19.0 Å². The summed E-state index contributed by atoms with van der Waals surface area (Å²) >= 11 is 0. The second-order valence-electron chi connectivity index (χ2n) is 7.55. The van der Waals surface area contributed by atoms with Crippen molar-refractivity contribution in [2.24, 2.45) is 7.05 Å². The molecule has 2 aromatic heterocycles. The van der Waals surface area contributed by atoms with Gasteiger partial charge in [0, 0.05) is 71.1 Å². The molecular formula is C19H28N6O2. The molecule has 2 aliphatic heterocycles. The van der Waals surface area contributed by atoms with Crippen molar-refractivity contribution >= 4 is 11.8 Å². The molecule has 2 fully saturated rings. The number of ether oxygens (including phenoxy) is 1. The van der Waals surface area contributed by atoms with Crippen LogP contribution in [0.2, 0.25) is 0 Å². The number of rotatable bonds is 7. The van der Waals surface area contributed by atoms with Gasteiger partial charge < -0.3 is 24.2 Å². The highest BCUT2D eigenvalue weighted by Gasteiger charge is 2.29. The minimum atomic E-state index is -0.272. The van der Waals surface area contributed by atoms with Crippen molar-refractivity contribution in [1.29, 1.82) is 0 Å². The van der Waals surface area contributed by atoms with Crippen molar-refractivity contribution < 1.29 is 9.84 Å². The van der Waals surface area contributed by atoms with E-state index in [-0.39, 0.29) is 6.10 Å². The number of β-amino-alcohol motifs (C(OH)–C–C–N with tert-alkyl or cyclic N) is 1. The van der Waals surface area contributed by atoms with Gasteiger partial charge in [0.25, 0.3) is 0 Å². The highest BCUT2D eigenvalue weighted by Crippen LogP contribution is 2.29. The molecule has 0 radical (unpaired) electrons. The first-order valence-corrected chi connectivity index (χ1v) is 9.67. The van der Waals surface area contributed by atoms with Crippen LogP contribution in [-0.4, -0.2) is 70.6 Å². The Morgan fingerprint density at radius 2 is 2.19 bits per heavy atom. The van der Waals surface area contributed by atoms with Crippen molar-refractivity contribution in [3.05, 3.63) is 30.0 Å². The maximum Gasteiger partial charge on any atom is 0.227 e. The van der Waals surface area contributed by atoms with Crippen molar-refractivity contribution in [3.8, 4) is 0 Å². The van der Waals surface area contributed by atoms with Crippen LogP contribution in [0.1, 0.15) is 30.3 Å². The van der Waals surface area contributed by atoms with E-state index in [0.717, 1.165) is 62.3 Å². The molecule has 0 bridgehead atoms. The van der Waals surface area contributed by atoms with Crippen LogP contribution in [0.25, 0.3) is 0 Å². The van der Waals surface area contributed by atoms with Crippen molar-refractivity contribution in [2.45, 2.75) is 31.3 Å². The number of hydrogen-bond donors (Lipinski definition) is 1. The number of nitrogens with zero attached hydrogens (tertiary/aromatic N) is 6. The standard InChI is InChI=1S/C19H28N6O2/c1-23(7-3-4-17-20-6-8-24(17)2)18-10-16(14-5-9-27-13-14)21-19(22-18)25-11-15(26)12-25/h6,8,10,14-15,26H,3-5,7,9,11-13H2,1-2H3. The molecule has 4 rings (SSSR count). The predicted octanol–water partition coefficient (Wildman–Crippen LogP) is 0.964. The maximum atomic E-state index is 9.63. The molecule has 1 atom stereocenters. The van der Waals surface area contributed by atoms with Crippen LogP contribution in [0.4, 0.5) is 11.8 Å². The molecule has 0 aromatic carbocycles. The Bertz CT molecular complexity index is 767. The number of anilines is 2. The number of aliphatic hydroxyl groups is 1. The van der Waals surface area contributed by atoms with Gasteiger partial charge in [-0.3, -0.25) is 0 Å². The topological polar surface area (TPSA) is 79.5 Å². The van der Waals surface area contributed by atoms with Crippen LogP contribution in [0.5, 0.6) is 0 Å². The van der Waals surface area contributed by atoms with Crippen LogP contribution in [0.15, 0.2) is 18.5 Å². The zero-order valence-electron chi connectivity index (χ0n) is 16.1. The molecule has 4 heterocycles. The summed E-state index contributed by atoms with van der Waals surface area (Å²) in [6.07, 6.45) is 6.49. The van der Waals surface area contributed by atoms with Gasteiger partial charge in [0.05, 0.1) is 18.4 Å². The largest absolute Gasteiger partial charge is 0.389 e. The quantitative estimate of drug-likeness (QED) is 0.775. The number of hydrogen-bond acceptors (Lipinski definition) is 7. The van der Waals surface area contributed by atoms with Gasteiger partial charge in [0.1, 0.15) is 11.6 Å². The van der Waals surface area contributed by atoms with Gasteiger partial charge in [-0.2, -0.15) is 4.98 Å². The lowest BCUT2D eigenvalue weighted by atomic mass is 10.0. The van der Waals surface area contributed by atoms with Crippen molar-refractivity contribution in [3.63, 3.8) is 0 Å². The Labute approximate surface area is 159 Å². The van der Waals surface area contributed by atoms with Gasteiger partial charge in [-0.05, 0) is 12.8 Å². The van der Waals surface area contributed by atoms with Crippen LogP contribution in [0, 0.1) is 0 Å². The Kier molecular flexibility index (Phi) is 5.27. The highest BCUT2D eigenvalue weighted by atomic mass is 16.5. The highest BCUT2D eigenvalue weighted by molar-refractivity contribution is 5.47. The van der Waals surface area contributed by atoms with E-state index in [1.165, 1.54) is 0 Å². The number of aromatic nitrogens is 4. The minimum Gasteiger partial charge on any atom is -0.389 e. The minimum absolute atomic E-state index is 0.272. The SMILES string of the molecule is CN(CCCc1nccn1C)c1cc(C2CCOC2)nc(N2CC(O)C2)n1. The molecule has 8 nitrogen and oxygen atoms in total. The average molecular weight is 372 g/mol. The second-order valence-corrected chi connectivity index (χ2v) is 7.55. The molecule has 2 aliphatic rings. The van der Waals surface area contributed by atoms with Crippen molar-refractivity contribution in [1.82, 2.24) is 19.5 Å². The summed E-state index contributed by atoms with van der Waals surface area (Å²) in [6, 6.07) is 2.10. The predicted molar refractivity (Wildman–Crippen MR) is 103 cm³/mol. The number of imidazole rings is 1. The van der Waals surface area contributed by atoms with Crippen LogP contribution >= 0.6 is 0 Å². The fourth-order valence-corrected chi connectivity index (χ4v) is 3.60. The van der Waals surface area contributed by atoms with Gasteiger partial charge in [0.2, 0.25) is 5.95 Å². The average Bonchev–Trinajstić information content (AvgIpc) is 3.31. The first kappa shape index (κ1) is 18.2. The summed E-state index contributed by atoms with van der Waals surface area (Å²) < 4.78 is 7.62. The van der Waals surface area contributed by atoms with Gasteiger partial charge >= 0.3 is 0 Å². The molecule has 2 saturated heterocycles. The fourth-order valence-electron chi connectivity index (χ4n) is 3.60. The summed E-state index contributed by atoms with van der Waals surface area (Å²) in [4.78, 5) is 18.1. The van der Waals surface area contributed by atoms with E-state index in [9.17, 15) is 5.11 Å². The smallest absolute Gasteiger partial charge is 0.227 e. The summed E-state index contributed by atoms with van der Waals surface area (Å²) in [5, 5.41) is 9.63. The molecule has 0 spiro atoms. The summed E-state index contributed by atoms with van der Waals surface area (Å²) in [6.45, 7) is 3.62. The lowest BCUT2D eigenvalue weighted by Crippen LogP contribution is -2.51. The van der Waals surface area contributed by atoms with Gasteiger partial charge in [-0.25, -0.2) is 9.97 Å². The maximum absolute atomic E-state index is 9.63. The molecule has 0 aliphatic carbocycles. The van der Waals surface area contributed by atoms with Crippen LogP contribution in [-0.2, 0) is 18.2 Å². The van der Waals surface area contributed by atoms with Crippen LogP contribution in [0.3, 0.4) is 0 Å². The summed E-state index contributed by atoms with van der Waals surface area (Å²) in [7, 11) is 4.10. The molecule has 0 saturated carbocycles. The summed E-state index contributed by atoms with van der Waals surface area (Å²) in [5.41, 5.74) is 1.05. The molecule has 27 heavy (non-hydrogen) atoms. The zero-order valence-corrected chi connectivity index (χ0v) is 16.1. The molecule has 8 heteroatoms. The molecule has 1 N–H and O–H groups in total. The number of aliphatic hydroxyl groups excluding tert-OH is 1.